The van der Waals surface area contributed by atoms with E-state index in [1.54, 1.807) is 20.8 Å². The van der Waals surface area contributed by atoms with Crippen molar-refractivity contribution in [2.45, 2.75) is 199 Å². The van der Waals surface area contributed by atoms with Crippen molar-refractivity contribution in [2.75, 3.05) is 6.61 Å². The zero-order valence-corrected chi connectivity index (χ0v) is 33.5. The molecule has 21 atom stereocenters. The van der Waals surface area contributed by atoms with Crippen LogP contribution in [0.15, 0.2) is 0 Å². The molecule has 5 saturated carbocycles. The van der Waals surface area contributed by atoms with E-state index in [2.05, 4.69) is 34.6 Å². The van der Waals surface area contributed by atoms with Crippen LogP contribution in [0, 0.1) is 50.7 Å². The summed E-state index contributed by atoms with van der Waals surface area (Å²) < 4.78 is 24.9. The van der Waals surface area contributed by atoms with Gasteiger partial charge in [0, 0.05) is 0 Å². The van der Waals surface area contributed by atoms with E-state index in [0.29, 0.717) is 32.1 Å². The second-order valence-electron chi connectivity index (χ2n) is 20.7. The molecule has 312 valence electrons. The fourth-order valence-corrected chi connectivity index (χ4v) is 14.2. The Morgan fingerprint density at radius 2 is 1.44 bits per heavy atom. The van der Waals surface area contributed by atoms with E-state index in [4.69, 9.17) is 18.9 Å². The first-order valence-electron chi connectivity index (χ1n) is 20.7. The first-order chi connectivity index (χ1) is 25.0. The van der Waals surface area contributed by atoms with Crippen molar-refractivity contribution in [1.29, 1.82) is 0 Å². The lowest BCUT2D eigenvalue weighted by atomic mass is 9.41. The minimum absolute atomic E-state index is 0.00398. The lowest BCUT2D eigenvalue weighted by Crippen LogP contribution is -2.63. The molecule has 21 unspecified atom stereocenters. The molecule has 9 N–H and O–H groups in total. The molecule has 7 rings (SSSR count). The predicted molar refractivity (Wildman–Crippen MR) is 194 cm³/mol. The Labute approximate surface area is 320 Å². The summed E-state index contributed by atoms with van der Waals surface area (Å²) >= 11 is 0. The predicted octanol–water partition coefficient (Wildman–Crippen LogP) is 1.59. The van der Waals surface area contributed by atoms with Crippen molar-refractivity contribution in [2.24, 2.45) is 50.7 Å². The summed E-state index contributed by atoms with van der Waals surface area (Å²) in [6.45, 7) is 15.9. The van der Waals surface area contributed by atoms with Gasteiger partial charge in [-0.3, -0.25) is 0 Å². The van der Waals surface area contributed by atoms with Crippen LogP contribution in [0.2, 0.25) is 0 Å². The third-order valence-electron chi connectivity index (χ3n) is 17.2. The molecular formula is C41H70O13. The molecular weight excluding hydrogens is 700 g/mol. The van der Waals surface area contributed by atoms with Gasteiger partial charge in [0.05, 0.1) is 42.7 Å². The van der Waals surface area contributed by atoms with E-state index in [1.165, 1.54) is 0 Å². The Balaban J connectivity index is 1.16. The smallest absolute Gasteiger partial charge is 0.186 e. The normalized spacial score (nSPS) is 55.2. The molecule has 7 fully saturated rings. The Bertz CT molecular complexity index is 1370. The molecule has 2 saturated heterocycles. The third-order valence-corrected chi connectivity index (χ3v) is 17.2. The van der Waals surface area contributed by atoms with Crippen LogP contribution in [0.25, 0.3) is 0 Å². The second-order valence-corrected chi connectivity index (χ2v) is 20.7. The van der Waals surface area contributed by atoms with Gasteiger partial charge >= 0.3 is 0 Å². The summed E-state index contributed by atoms with van der Waals surface area (Å²) in [5, 5.41) is 96.9. The number of aliphatic hydroxyl groups is 9. The molecule has 2 aliphatic heterocycles. The van der Waals surface area contributed by atoms with E-state index in [1.807, 2.05) is 0 Å². The highest BCUT2D eigenvalue weighted by atomic mass is 16.7. The molecule has 0 radical (unpaired) electrons. The van der Waals surface area contributed by atoms with E-state index in [-0.39, 0.29) is 64.1 Å². The Morgan fingerprint density at radius 1 is 0.778 bits per heavy atom. The van der Waals surface area contributed by atoms with Crippen LogP contribution in [0.4, 0.5) is 0 Å². The van der Waals surface area contributed by atoms with Crippen molar-refractivity contribution in [3.8, 4) is 0 Å². The van der Waals surface area contributed by atoms with Gasteiger partial charge in [-0.2, -0.15) is 0 Å². The maximum Gasteiger partial charge on any atom is 0.186 e. The molecule has 2 heterocycles. The van der Waals surface area contributed by atoms with E-state index < -0.39 is 78.5 Å². The van der Waals surface area contributed by atoms with Gasteiger partial charge in [0.15, 0.2) is 12.6 Å². The molecule has 0 aromatic heterocycles. The van der Waals surface area contributed by atoms with Crippen molar-refractivity contribution >= 4 is 0 Å². The van der Waals surface area contributed by atoms with Crippen molar-refractivity contribution in [3.63, 3.8) is 0 Å². The maximum atomic E-state index is 12.4. The summed E-state index contributed by atoms with van der Waals surface area (Å²) in [7, 11) is 0. The molecule has 0 bridgehead atoms. The largest absolute Gasteiger partial charge is 0.393 e. The van der Waals surface area contributed by atoms with Gasteiger partial charge in [0.25, 0.3) is 0 Å². The minimum atomic E-state index is -1.42. The molecule has 0 aromatic rings. The molecule has 13 heteroatoms. The third kappa shape index (κ3) is 6.03. The summed E-state index contributed by atoms with van der Waals surface area (Å²) in [6.07, 6.45) is -6.36. The lowest BCUT2D eigenvalue weighted by Gasteiger charge is -2.64. The Kier molecular flexibility index (Phi) is 10.6. The van der Waals surface area contributed by atoms with E-state index in [9.17, 15) is 46.0 Å². The van der Waals surface area contributed by atoms with Crippen molar-refractivity contribution in [1.82, 2.24) is 0 Å². The molecule has 0 aromatic carbocycles. The highest BCUT2D eigenvalue weighted by molar-refractivity contribution is 5.32. The van der Waals surface area contributed by atoms with Crippen LogP contribution < -0.4 is 0 Å². The first-order valence-corrected chi connectivity index (χ1v) is 20.7. The lowest BCUT2D eigenvalue weighted by molar-refractivity contribution is -0.323. The van der Waals surface area contributed by atoms with Crippen LogP contribution in [0.3, 0.4) is 0 Å². The number of hydrogen-bond donors (Lipinski definition) is 9. The number of fused-ring (bicyclic) bond motifs is 2. The van der Waals surface area contributed by atoms with Crippen LogP contribution >= 0.6 is 0 Å². The quantitative estimate of drug-likeness (QED) is 0.152. The Morgan fingerprint density at radius 3 is 2.11 bits per heavy atom. The van der Waals surface area contributed by atoms with Gasteiger partial charge in [-0.05, 0) is 129 Å². The molecule has 2 spiro atoms. The number of rotatable bonds is 9. The average Bonchev–Trinajstić information content (AvgIpc) is 3.67. The average molecular weight is 771 g/mol. The number of hydrogen-bond acceptors (Lipinski definition) is 13. The van der Waals surface area contributed by atoms with Gasteiger partial charge in [-0.15, -0.1) is 0 Å². The fraction of sp³-hybridized carbons (Fsp3) is 1.00. The molecule has 13 nitrogen and oxygen atoms in total. The SMILES string of the molecule is CC(CCC(O)C(C)(C)O)C1C(OC2OCC(O)C(O)C2O)CC2(C)C3CC(O)C4C(C)(C)C(OC5OC(C)C(O)C(O)C5O)CCC45CC35CCC12C. The number of ether oxygens (including phenoxy) is 4. The molecule has 0 amide bonds. The van der Waals surface area contributed by atoms with Crippen LogP contribution in [-0.4, -0.2) is 138 Å². The van der Waals surface area contributed by atoms with Gasteiger partial charge in [0.1, 0.15) is 36.6 Å². The highest BCUT2D eigenvalue weighted by Crippen LogP contribution is 2.89. The second kappa shape index (κ2) is 13.8. The minimum Gasteiger partial charge on any atom is -0.393 e. The number of aliphatic hydroxyl groups excluding tert-OH is 8. The molecule has 7 aliphatic rings. The topological polar surface area (TPSA) is 219 Å². The van der Waals surface area contributed by atoms with Crippen molar-refractivity contribution < 1.29 is 64.9 Å². The standard InChI is InChI=1S/C41H70O13/c1-19(9-10-25(44)37(5,6)50)27-23(53-34-31(48)29(46)22(43)17-51-34)16-39(8)24-15-21(42)33-36(3,4)26(54-35-32(49)30(47)28(45)20(2)52-35)11-12-41(33)18-40(24,41)14-13-38(27,39)7/h19-35,42-50H,9-18H2,1-8H3. The first kappa shape index (κ1) is 41.6. The van der Waals surface area contributed by atoms with Crippen LogP contribution in [0.5, 0.6) is 0 Å². The van der Waals surface area contributed by atoms with E-state index in [0.717, 1.165) is 25.7 Å². The zero-order valence-electron chi connectivity index (χ0n) is 33.5. The zero-order chi connectivity index (χ0) is 39.7. The van der Waals surface area contributed by atoms with Gasteiger partial charge in [-0.25, -0.2) is 0 Å². The van der Waals surface area contributed by atoms with Crippen LogP contribution in [-0.2, 0) is 18.9 Å². The van der Waals surface area contributed by atoms with Gasteiger partial charge in [-0.1, -0.05) is 34.6 Å². The summed E-state index contributed by atoms with van der Waals surface area (Å²) in [5.41, 5.74) is -2.34. The Hall–Kier alpha value is -0.520. The summed E-state index contributed by atoms with van der Waals surface area (Å²) in [5.74, 6) is 0.160. The fourth-order valence-electron chi connectivity index (χ4n) is 14.2. The summed E-state index contributed by atoms with van der Waals surface area (Å²) in [6, 6.07) is 0. The van der Waals surface area contributed by atoms with Gasteiger partial charge in [0.2, 0.25) is 0 Å². The van der Waals surface area contributed by atoms with Crippen molar-refractivity contribution in [3.05, 3.63) is 0 Å². The monoisotopic (exact) mass is 770 g/mol. The van der Waals surface area contributed by atoms with Crippen LogP contribution in [0.1, 0.15) is 113 Å². The maximum absolute atomic E-state index is 12.4. The van der Waals surface area contributed by atoms with Gasteiger partial charge < -0.3 is 64.9 Å². The summed E-state index contributed by atoms with van der Waals surface area (Å²) in [4.78, 5) is 0. The van der Waals surface area contributed by atoms with E-state index >= 15 is 0 Å². The highest BCUT2D eigenvalue weighted by Gasteiger charge is 2.84. The molecule has 54 heavy (non-hydrogen) atoms. The molecule has 5 aliphatic carbocycles.